The van der Waals surface area contributed by atoms with E-state index in [1.807, 2.05) is 60.7 Å². The number of nitriles is 1. The Morgan fingerprint density at radius 3 is 1.91 bits per heavy atom. The molecule has 0 aliphatic rings. The monoisotopic (exact) mass is 569 g/mol. The molecular formula is C40H19N5. The number of benzene rings is 6. The quantitative estimate of drug-likeness (QED) is 0.116. The molecule has 8 rings (SSSR count). The number of fused-ring (bicyclic) bond motifs is 9. The molecule has 0 N–H and O–H groups in total. The van der Waals surface area contributed by atoms with E-state index in [9.17, 15) is 5.26 Å². The van der Waals surface area contributed by atoms with Crippen molar-refractivity contribution in [1.29, 1.82) is 5.26 Å². The first-order valence-electron chi connectivity index (χ1n) is 14.3. The van der Waals surface area contributed by atoms with Gasteiger partial charge < -0.3 is 4.40 Å². The normalized spacial score (nSPS) is 11.0. The zero-order chi connectivity index (χ0) is 30.7. The van der Waals surface area contributed by atoms with E-state index in [2.05, 4.69) is 79.6 Å². The lowest BCUT2D eigenvalue weighted by Crippen LogP contribution is -1.96. The Labute approximate surface area is 258 Å². The number of rotatable bonds is 2. The van der Waals surface area contributed by atoms with Gasteiger partial charge in [0.05, 0.1) is 48.1 Å². The van der Waals surface area contributed by atoms with E-state index in [1.165, 1.54) is 0 Å². The van der Waals surface area contributed by atoms with Crippen LogP contribution < -0.4 is 0 Å². The Balaban J connectivity index is 1.74. The SMILES string of the molecule is [C-]#[N+]c1c([N+]#[C-])c([N+]#[C-])c2cc3c4c5ccccc5ccc4c4c(-c5ccccc5)cc(-c5ccccc5)n4c3cc2c1C#N. The summed E-state index contributed by atoms with van der Waals surface area (Å²) in [7, 11) is 0. The average Bonchev–Trinajstić information content (AvgIpc) is 3.51. The van der Waals surface area contributed by atoms with Crippen LogP contribution in [0, 0.1) is 31.0 Å². The Morgan fingerprint density at radius 1 is 0.556 bits per heavy atom. The van der Waals surface area contributed by atoms with Gasteiger partial charge in [0.2, 0.25) is 11.4 Å². The second-order valence-electron chi connectivity index (χ2n) is 10.9. The fourth-order valence-corrected chi connectivity index (χ4v) is 6.75. The maximum absolute atomic E-state index is 10.3. The van der Waals surface area contributed by atoms with Crippen LogP contribution in [0.3, 0.4) is 0 Å². The van der Waals surface area contributed by atoms with Crippen LogP contribution >= 0.6 is 0 Å². The molecule has 0 atom stereocenters. The van der Waals surface area contributed by atoms with Crippen LogP contribution in [-0.2, 0) is 0 Å². The Kier molecular flexibility index (Phi) is 5.63. The molecule has 0 spiro atoms. The molecule has 0 saturated carbocycles. The molecule has 6 aromatic carbocycles. The number of aromatic nitrogens is 1. The van der Waals surface area contributed by atoms with Crippen molar-refractivity contribution in [2.24, 2.45) is 0 Å². The van der Waals surface area contributed by atoms with Crippen LogP contribution in [0.1, 0.15) is 5.56 Å². The standard InChI is InChI=1S/C40H19N5/c1-42-37-31-20-32-35(22-30(31)33(23-41)38(43-2)39(37)44-3)45-34(26-15-8-5-9-16-26)21-29(24-12-6-4-7-13-24)40(45)28-19-18-25-14-10-11-17-27(25)36(28)32/h4-22H. The van der Waals surface area contributed by atoms with Crippen LogP contribution in [-0.4, -0.2) is 4.40 Å². The molecule has 0 bridgehead atoms. The molecule has 5 nitrogen and oxygen atoms in total. The summed E-state index contributed by atoms with van der Waals surface area (Å²) in [4.78, 5) is 10.9. The van der Waals surface area contributed by atoms with Crippen molar-refractivity contribution in [3.05, 3.63) is 155 Å². The molecule has 0 saturated heterocycles. The lowest BCUT2D eigenvalue weighted by atomic mass is 9.92. The van der Waals surface area contributed by atoms with Crippen molar-refractivity contribution in [2.45, 2.75) is 0 Å². The highest BCUT2D eigenvalue weighted by atomic mass is 14.9. The first-order valence-corrected chi connectivity index (χ1v) is 14.3. The summed E-state index contributed by atoms with van der Waals surface area (Å²) in [5.74, 6) is 0. The minimum atomic E-state index is -0.0754. The van der Waals surface area contributed by atoms with Crippen molar-refractivity contribution < 1.29 is 0 Å². The van der Waals surface area contributed by atoms with Crippen molar-refractivity contribution in [3.63, 3.8) is 0 Å². The summed E-state index contributed by atoms with van der Waals surface area (Å²) in [6.45, 7) is 23.7. The van der Waals surface area contributed by atoms with E-state index in [1.54, 1.807) is 0 Å². The highest BCUT2D eigenvalue weighted by Gasteiger charge is 2.24. The first-order chi connectivity index (χ1) is 22.2. The van der Waals surface area contributed by atoms with Gasteiger partial charge in [-0.15, -0.1) is 0 Å². The molecule has 0 radical (unpaired) electrons. The summed E-state index contributed by atoms with van der Waals surface area (Å²) in [5, 5.41) is 16.4. The van der Waals surface area contributed by atoms with Gasteiger partial charge in [0.25, 0.3) is 0 Å². The lowest BCUT2D eigenvalue weighted by Gasteiger charge is -2.17. The van der Waals surface area contributed by atoms with Crippen LogP contribution in [0.15, 0.2) is 115 Å². The van der Waals surface area contributed by atoms with Gasteiger partial charge in [-0.25, -0.2) is 0 Å². The van der Waals surface area contributed by atoms with Crippen molar-refractivity contribution in [2.75, 3.05) is 0 Å². The number of hydrogen-bond donors (Lipinski definition) is 0. The van der Waals surface area contributed by atoms with Crippen molar-refractivity contribution in [1.82, 2.24) is 4.40 Å². The zero-order valence-electron chi connectivity index (χ0n) is 23.7. The van der Waals surface area contributed by atoms with Crippen LogP contribution in [0.2, 0.25) is 0 Å². The van der Waals surface area contributed by atoms with E-state index in [4.69, 9.17) is 19.7 Å². The van der Waals surface area contributed by atoms with Gasteiger partial charge in [0.15, 0.2) is 5.69 Å². The zero-order valence-corrected chi connectivity index (χ0v) is 23.7. The van der Waals surface area contributed by atoms with E-state index in [0.717, 1.165) is 60.3 Å². The third-order valence-corrected chi connectivity index (χ3v) is 8.64. The Hall–Kier alpha value is -6.92. The molecule has 204 valence electrons. The van der Waals surface area contributed by atoms with Gasteiger partial charge in [0, 0.05) is 21.7 Å². The molecule has 0 fully saturated rings. The fraction of sp³-hybridized carbons (Fsp3) is 0. The van der Waals surface area contributed by atoms with Crippen LogP contribution in [0.4, 0.5) is 17.1 Å². The van der Waals surface area contributed by atoms with Gasteiger partial charge in [-0.05, 0) is 44.8 Å². The molecule has 2 aromatic heterocycles. The van der Waals surface area contributed by atoms with E-state index in [0.29, 0.717) is 10.8 Å². The van der Waals surface area contributed by atoms with Crippen molar-refractivity contribution in [3.8, 4) is 28.5 Å². The summed E-state index contributed by atoms with van der Waals surface area (Å²) >= 11 is 0. The van der Waals surface area contributed by atoms with Crippen LogP contribution in [0.5, 0.6) is 0 Å². The lowest BCUT2D eigenvalue weighted by molar-refractivity contribution is 1.29. The smallest absolute Gasteiger partial charge is 0.202 e. The summed E-state index contributed by atoms with van der Waals surface area (Å²) in [6.07, 6.45) is 0. The number of pyridine rings is 1. The van der Waals surface area contributed by atoms with Gasteiger partial charge in [-0.1, -0.05) is 103 Å². The fourth-order valence-electron chi connectivity index (χ4n) is 6.75. The van der Waals surface area contributed by atoms with Gasteiger partial charge in [0.1, 0.15) is 0 Å². The molecule has 0 aliphatic carbocycles. The van der Waals surface area contributed by atoms with Gasteiger partial charge >= 0.3 is 0 Å². The average molecular weight is 570 g/mol. The molecule has 5 heteroatoms. The number of hydrogen-bond acceptors (Lipinski definition) is 1. The van der Waals surface area contributed by atoms with Gasteiger partial charge in [-0.2, -0.15) is 5.26 Å². The largest absolute Gasteiger partial charge is 0.308 e. The summed E-state index contributed by atoms with van der Waals surface area (Å²) in [5.41, 5.74) is 6.11. The predicted octanol–water partition coefficient (Wildman–Crippen LogP) is 11.4. The minimum Gasteiger partial charge on any atom is -0.308 e. The summed E-state index contributed by atoms with van der Waals surface area (Å²) in [6, 6.07) is 41.4. The molecule has 0 aliphatic heterocycles. The van der Waals surface area contributed by atoms with E-state index < -0.39 is 0 Å². The second kappa shape index (κ2) is 9.83. The third-order valence-electron chi connectivity index (χ3n) is 8.64. The molecule has 45 heavy (non-hydrogen) atoms. The maximum atomic E-state index is 10.3. The van der Waals surface area contributed by atoms with E-state index in [-0.39, 0.29) is 22.6 Å². The topological polar surface area (TPSA) is 41.3 Å². The maximum Gasteiger partial charge on any atom is 0.202 e. The third kappa shape index (κ3) is 3.57. The highest BCUT2D eigenvalue weighted by molar-refractivity contribution is 6.28. The minimum absolute atomic E-state index is 0.0732. The van der Waals surface area contributed by atoms with Crippen LogP contribution in [0.25, 0.3) is 85.7 Å². The first kappa shape index (κ1) is 25.8. The predicted molar refractivity (Wildman–Crippen MR) is 182 cm³/mol. The molecular weight excluding hydrogens is 550 g/mol. The second-order valence-corrected chi connectivity index (χ2v) is 10.9. The molecule has 0 amide bonds. The van der Waals surface area contributed by atoms with Gasteiger partial charge in [-0.3, -0.25) is 14.5 Å². The summed E-state index contributed by atoms with van der Waals surface area (Å²) < 4.78 is 2.25. The molecule has 2 heterocycles. The van der Waals surface area contributed by atoms with E-state index >= 15 is 0 Å². The number of nitrogens with zero attached hydrogens (tertiary/aromatic N) is 5. The molecule has 0 unspecified atom stereocenters. The Bertz CT molecular complexity index is 2730. The highest BCUT2D eigenvalue weighted by Crippen LogP contribution is 2.50. The van der Waals surface area contributed by atoms with Crippen molar-refractivity contribution >= 4 is 65.8 Å². The molecule has 8 aromatic rings. The Morgan fingerprint density at radius 2 is 1.22 bits per heavy atom.